The summed E-state index contributed by atoms with van der Waals surface area (Å²) in [6, 6.07) is 7.08. The lowest BCUT2D eigenvalue weighted by Crippen LogP contribution is -2.57. The lowest BCUT2D eigenvalue weighted by atomic mass is 9.89. The molecule has 1 spiro atoms. The van der Waals surface area contributed by atoms with E-state index in [0.29, 0.717) is 11.6 Å². The van der Waals surface area contributed by atoms with Gasteiger partial charge in [-0.1, -0.05) is 18.9 Å². The fourth-order valence-electron chi connectivity index (χ4n) is 3.76. The van der Waals surface area contributed by atoms with Crippen LogP contribution in [0.4, 0.5) is 11.4 Å². The smallest absolute Gasteiger partial charge is 0.0723 e. The van der Waals surface area contributed by atoms with Crippen LogP contribution in [0.3, 0.4) is 0 Å². The number of nitrogens with zero attached hydrogens (tertiary/aromatic N) is 1. The zero-order valence-corrected chi connectivity index (χ0v) is 12.8. The number of hydrogen-bond acceptors (Lipinski definition) is 2. The number of benzene rings is 1. The first kappa shape index (κ1) is 12.3. The highest BCUT2D eigenvalue weighted by Crippen LogP contribution is 2.47. The van der Waals surface area contributed by atoms with Gasteiger partial charge in [0.2, 0.25) is 0 Å². The molecule has 0 radical (unpaired) electrons. The molecule has 18 heavy (non-hydrogen) atoms. The Hall–Kier alpha value is -0.700. The summed E-state index contributed by atoms with van der Waals surface area (Å²) in [5.41, 5.74) is 2.98. The molecule has 0 atom stereocenters. The Bertz CT molecular complexity index is 450. The van der Waals surface area contributed by atoms with E-state index in [9.17, 15) is 0 Å². The van der Waals surface area contributed by atoms with E-state index in [-0.39, 0.29) is 0 Å². The van der Waals surface area contributed by atoms with Gasteiger partial charge in [0.05, 0.1) is 16.9 Å². The number of anilines is 2. The Kier molecular flexibility index (Phi) is 3.05. The van der Waals surface area contributed by atoms with Crippen molar-refractivity contribution in [2.75, 3.05) is 16.8 Å². The summed E-state index contributed by atoms with van der Waals surface area (Å²) in [6.07, 6.45) is 5.39. The van der Waals surface area contributed by atoms with Crippen molar-refractivity contribution in [3.05, 3.63) is 22.7 Å². The Morgan fingerprint density at radius 1 is 1.28 bits per heavy atom. The minimum absolute atomic E-state index is 0.349. The summed E-state index contributed by atoms with van der Waals surface area (Å²) in [6.45, 7) is 5.72. The van der Waals surface area contributed by atoms with Crippen molar-refractivity contribution in [1.29, 1.82) is 0 Å². The molecule has 2 aliphatic rings. The fraction of sp³-hybridized carbons (Fsp3) is 0.600. The van der Waals surface area contributed by atoms with Crippen molar-refractivity contribution < 1.29 is 0 Å². The number of nitrogens with one attached hydrogen (secondary N) is 1. The van der Waals surface area contributed by atoms with Crippen LogP contribution in [-0.4, -0.2) is 18.1 Å². The third-order valence-electron chi connectivity index (χ3n) is 4.41. The van der Waals surface area contributed by atoms with E-state index in [4.69, 9.17) is 0 Å². The minimum atomic E-state index is 0.349. The van der Waals surface area contributed by atoms with E-state index in [0.717, 1.165) is 6.54 Å². The monoisotopic (exact) mass is 308 g/mol. The van der Waals surface area contributed by atoms with Gasteiger partial charge in [-0.25, -0.2) is 0 Å². The molecular formula is C15H21BrN2. The third-order valence-corrected chi connectivity index (χ3v) is 5.07. The van der Waals surface area contributed by atoms with E-state index in [1.165, 1.54) is 41.5 Å². The number of para-hydroxylation sites is 1. The minimum Gasteiger partial charge on any atom is -0.380 e. The zero-order chi connectivity index (χ0) is 12.8. The SMILES string of the molecule is CC(C)N1c2cccc(Br)c2NCC12CCCC2. The molecule has 2 nitrogen and oxygen atoms in total. The molecule has 1 fully saturated rings. The summed E-state index contributed by atoms with van der Waals surface area (Å²) in [7, 11) is 0. The first-order chi connectivity index (χ1) is 8.64. The number of halogens is 1. The van der Waals surface area contributed by atoms with E-state index in [1.54, 1.807) is 0 Å². The Morgan fingerprint density at radius 2 is 2.00 bits per heavy atom. The van der Waals surface area contributed by atoms with Crippen molar-refractivity contribution in [2.24, 2.45) is 0 Å². The van der Waals surface area contributed by atoms with Gasteiger partial charge in [-0.2, -0.15) is 0 Å². The second-order valence-electron chi connectivity index (χ2n) is 5.88. The van der Waals surface area contributed by atoms with Crippen molar-refractivity contribution >= 4 is 27.3 Å². The lowest BCUT2D eigenvalue weighted by Gasteiger charge is -2.50. The van der Waals surface area contributed by atoms with Gasteiger partial charge in [0, 0.05) is 17.1 Å². The van der Waals surface area contributed by atoms with Crippen LogP contribution in [0.2, 0.25) is 0 Å². The molecule has 1 aliphatic carbocycles. The first-order valence-electron chi connectivity index (χ1n) is 6.96. The van der Waals surface area contributed by atoms with Crippen molar-refractivity contribution in [1.82, 2.24) is 0 Å². The highest BCUT2D eigenvalue weighted by molar-refractivity contribution is 9.10. The van der Waals surface area contributed by atoms with Gasteiger partial charge in [0.1, 0.15) is 0 Å². The zero-order valence-electron chi connectivity index (χ0n) is 11.2. The van der Waals surface area contributed by atoms with Crippen molar-refractivity contribution in [3.63, 3.8) is 0 Å². The average Bonchev–Trinajstić information content (AvgIpc) is 2.77. The van der Waals surface area contributed by atoms with Gasteiger partial charge >= 0.3 is 0 Å². The van der Waals surface area contributed by atoms with Crippen LogP contribution < -0.4 is 10.2 Å². The molecule has 98 valence electrons. The molecule has 0 aromatic heterocycles. The fourth-order valence-corrected chi connectivity index (χ4v) is 4.25. The molecule has 1 aromatic carbocycles. The summed E-state index contributed by atoms with van der Waals surface area (Å²) < 4.78 is 1.18. The molecule has 0 amide bonds. The predicted octanol–water partition coefficient (Wildman–Crippen LogP) is 4.40. The molecule has 1 aliphatic heterocycles. The summed E-state index contributed by atoms with van der Waals surface area (Å²) in [4.78, 5) is 2.66. The van der Waals surface area contributed by atoms with Crippen LogP contribution >= 0.6 is 15.9 Å². The largest absolute Gasteiger partial charge is 0.380 e. The molecule has 3 heteroatoms. The lowest BCUT2D eigenvalue weighted by molar-refractivity contribution is 0.381. The van der Waals surface area contributed by atoms with E-state index < -0.39 is 0 Å². The van der Waals surface area contributed by atoms with Crippen LogP contribution in [-0.2, 0) is 0 Å². The van der Waals surface area contributed by atoms with Crippen molar-refractivity contribution in [2.45, 2.75) is 51.1 Å². The summed E-state index contributed by atoms with van der Waals surface area (Å²) in [5, 5.41) is 3.66. The van der Waals surface area contributed by atoms with Crippen molar-refractivity contribution in [3.8, 4) is 0 Å². The third kappa shape index (κ3) is 1.75. The Balaban J connectivity index is 2.10. The van der Waals surface area contributed by atoms with Crippen LogP contribution in [0.1, 0.15) is 39.5 Å². The van der Waals surface area contributed by atoms with Crippen LogP contribution in [0.15, 0.2) is 22.7 Å². The van der Waals surface area contributed by atoms with Gasteiger partial charge in [0.25, 0.3) is 0 Å². The maximum absolute atomic E-state index is 3.67. The summed E-state index contributed by atoms with van der Waals surface area (Å²) >= 11 is 3.67. The second-order valence-corrected chi connectivity index (χ2v) is 6.74. The van der Waals surface area contributed by atoms with E-state index >= 15 is 0 Å². The van der Waals surface area contributed by atoms with E-state index in [1.807, 2.05) is 0 Å². The molecule has 0 bridgehead atoms. The van der Waals surface area contributed by atoms with Crippen LogP contribution in [0, 0.1) is 0 Å². The maximum atomic E-state index is 3.67. The topological polar surface area (TPSA) is 15.3 Å². The Morgan fingerprint density at radius 3 is 2.67 bits per heavy atom. The van der Waals surface area contributed by atoms with Crippen LogP contribution in [0.5, 0.6) is 0 Å². The molecule has 0 saturated heterocycles. The second kappa shape index (κ2) is 4.44. The molecule has 1 heterocycles. The highest BCUT2D eigenvalue weighted by atomic mass is 79.9. The predicted molar refractivity (Wildman–Crippen MR) is 81.4 cm³/mol. The molecule has 1 aromatic rings. The number of hydrogen-bond donors (Lipinski definition) is 1. The Labute approximate surface area is 118 Å². The molecule has 1 N–H and O–H groups in total. The van der Waals surface area contributed by atoms with Gasteiger partial charge in [-0.15, -0.1) is 0 Å². The first-order valence-corrected chi connectivity index (χ1v) is 7.75. The van der Waals surface area contributed by atoms with Gasteiger partial charge in [0.15, 0.2) is 0 Å². The van der Waals surface area contributed by atoms with Gasteiger partial charge < -0.3 is 10.2 Å². The molecular weight excluding hydrogens is 288 g/mol. The standard InChI is InChI=1S/C15H21BrN2/c1-11(2)18-13-7-5-6-12(16)14(13)17-10-15(18)8-3-4-9-15/h5-7,11,17H,3-4,8-10H2,1-2H3. The molecule has 3 rings (SSSR count). The highest BCUT2D eigenvalue weighted by Gasteiger charge is 2.44. The number of fused-ring (bicyclic) bond motifs is 1. The normalized spacial score (nSPS) is 21.2. The van der Waals surface area contributed by atoms with Crippen LogP contribution in [0.25, 0.3) is 0 Å². The summed E-state index contributed by atoms with van der Waals surface area (Å²) in [5.74, 6) is 0. The molecule has 1 saturated carbocycles. The van der Waals surface area contributed by atoms with Gasteiger partial charge in [-0.05, 0) is 54.8 Å². The van der Waals surface area contributed by atoms with E-state index in [2.05, 4.69) is 58.2 Å². The maximum Gasteiger partial charge on any atom is 0.0723 e. The quantitative estimate of drug-likeness (QED) is 0.827. The average molecular weight is 309 g/mol. The number of rotatable bonds is 1. The molecule has 0 unspecified atom stereocenters. The van der Waals surface area contributed by atoms with Gasteiger partial charge in [-0.3, -0.25) is 0 Å².